The molecule has 5 nitrogen and oxygen atoms in total. The maximum absolute atomic E-state index is 12.9. The van der Waals surface area contributed by atoms with Crippen molar-refractivity contribution in [3.05, 3.63) is 45.7 Å². The molecular weight excluding hydrogens is 397 g/mol. The number of benzene rings is 1. The number of nitrogens with one attached hydrogen (secondary N) is 2. The summed E-state index contributed by atoms with van der Waals surface area (Å²) in [5, 5.41) is 6.37. The molecule has 1 unspecified atom stereocenters. The Hall–Kier alpha value is -1.93. The van der Waals surface area contributed by atoms with E-state index in [0.29, 0.717) is 12.2 Å². The van der Waals surface area contributed by atoms with Crippen LogP contribution in [0.4, 0.5) is 10.1 Å². The third kappa shape index (κ3) is 6.04. The fourth-order valence-corrected chi connectivity index (χ4v) is 4.82. The van der Waals surface area contributed by atoms with Crippen molar-refractivity contribution < 1.29 is 14.0 Å². The number of fused-ring (bicyclic) bond motifs is 1. The molecule has 0 spiro atoms. The van der Waals surface area contributed by atoms with Gasteiger partial charge >= 0.3 is 0 Å². The second-order valence-electron chi connectivity index (χ2n) is 6.73. The fourth-order valence-electron chi connectivity index (χ4n) is 2.96. The number of halogens is 1. The second kappa shape index (κ2) is 10.0. The van der Waals surface area contributed by atoms with Gasteiger partial charge in [0.15, 0.2) is 0 Å². The van der Waals surface area contributed by atoms with Gasteiger partial charge in [-0.25, -0.2) is 9.37 Å². The number of thioether (sulfide) groups is 1. The van der Waals surface area contributed by atoms with Gasteiger partial charge in [-0.2, -0.15) is 0 Å². The van der Waals surface area contributed by atoms with Crippen molar-refractivity contribution >= 4 is 40.6 Å². The first-order chi connectivity index (χ1) is 13.5. The number of aromatic nitrogens is 1. The van der Waals surface area contributed by atoms with Crippen molar-refractivity contribution in [2.24, 2.45) is 0 Å². The quantitative estimate of drug-likeness (QED) is 0.683. The van der Waals surface area contributed by atoms with Gasteiger partial charge in [0, 0.05) is 23.5 Å². The number of hydrogen-bond acceptors (Lipinski definition) is 5. The Labute approximate surface area is 172 Å². The molecule has 3 rings (SSSR count). The molecule has 2 N–H and O–H groups in total. The molecule has 1 aliphatic carbocycles. The number of anilines is 1. The average Bonchev–Trinajstić information content (AvgIpc) is 3.10. The molecule has 1 aliphatic rings. The SMILES string of the molecule is CC(SCC(=O)Nc1ccc(F)cc1)C(=O)NCCc1nc2c(s1)CCCC2. The smallest absolute Gasteiger partial charge is 0.234 e. The number of aryl methyl sites for hydroxylation is 2. The van der Waals surface area contributed by atoms with Crippen molar-refractivity contribution in [3.8, 4) is 0 Å². The van der Waals surface area contributed by atoms with E-state index in [2.05, 4.69) is 15.6 Å². The molecule has 2 aromatic rings. The number of carbonyl (C=O) groups is 2. The number of hydrogen-bond donors (Lipinski definition) is 2. The van der Waals surface area contributed by atoms with Crippen LogP contribution in [0.2, 0.25) is 0 Å². The third-order valence-corrected chi connectivity index (χ3v) is 6.85. The van der Waals surface area contributed by atoms with Gasteiger partial charge in [0.25, 0.3) is 0 Å². The van der Waals surface area contributed by atoms with Crippen LogP contribution in [-0.2, 0) is 28.9 Å². The lowest BCUT2D eigenvalue weighted by molar-refractivity contribution is -0.120. The van der Waals surface area contributed by atoms with Crippen molar-refractivity contribution in [2.75, 3.05) is 17.6 Å². The summed E-state index contributed by atoms with van der Waals surface area (Å²) in [5.74, 6) is -0.494. The first-order valence-electron chi connectivity index (χ1n) is 9.43. The lowest BCUT2D eigenvalue weighted by atomic mass is 10.0. The van der Waals surface area contributed by atoms with Gasteiger partial charge in [0.2, 0.25) is 11.8 Å². The van der Waals surface area contributed by atoms with Crippen LogP contribution < -0.4 is 10.6 Å². The monoisotopic (exact) mass is 421 g/mol. The highest BCUT2D eigenvalue weighted by Crippen LogP contribution is 2.26. The van der Waals surface area contributed by atoms with Crippen LogP contribution in [-0.4, -0.2) is 34.3 Å². The first-order valence-corrected chi connectivity index (χ1v) is 11.3. The molecule has 1 aromatic heterocycles. The summed E-state index contributed by atoms with van der Waals surface area (Å²) >= 11 is 3.04. The van der Waals surface area contributed by atoms with E-state index in [1.807, 2.05) is 0 Å². The molecule has 150 valence electrons. The van der Waals surface area contributed by atoms with E-state index in [4.69, 9.17) is 0 Å². The Kier molecular flexibility index (Phi) is 7.44. The molecule has 0 saturated heterocycles. The van der Waals surface area contributed by atoms with E-state index in [0.717, 1.165) is 24.3 Å². The van der Waals surface area contributed by atoms with E-state index in [1.165, 1.54) is 59.4 Å². The highest BCUT2D eigenvalue weighted by molar-refractivity contribution is 8.01. The van der Waals surface area contributed by atoms with Gasteiger partial charge in [-0.05, 0) is 56.9 Å². The minimum atomic E-state index is -0.351. The molecule has 1 heterocycles. The van der Waals surface area contributed by atoms with Crippen LogP contribution in [0, 0.1) is 5.82 Å². The summed E-state index contributed by atoms with van der Waals surface area (Å²) in [6, 6.07) is 5.59. The van der Waals surface area contributed by atoms with Crippen molar-refractivity contribution in [1.29, 1.82) is 0 Å². The zero-order valence-electron chi connectivity index (χ0n) is 15.8. The Morgan fingerprint density at radius 3 is 2.75 bits per heavy atom. The van der Waals surface area contributed by atoms with Crippen molar-refractivity contribution in [3.63, 3.8) is 0 Å². The molecule has 0 bridgehead atoms. The largest absolute Gasteiger partial charge is 0.355 e. The second-order valence-corrected chi connectivity index (χ2v) is 9.23. The predicted octanol–water partition coefficient (Wildman–Crippen LogP) is 3.58. The summed E-state index contributed by atoms with van der Waals surface area (Å²) in [4.78, 5) is 30.3. The van der Waals surface area contributed by atoms with Gasteiger partial charge in [-0.3, -0.25) is 9.59 Å². The van der Waals surface area contributed by atoms with Crippen LogP contribution in [0.15, 0.2) is 24.3 Å². The van der Waals surface area contributed by atoms with Crippen LogP contribution in [0.3, 0.4) is 0 Å². The Morgan fingerprint density at radius 1 is 1.25 bits per heavy atom. The van der Waals surface area contributed by atoms with Crippen LogP contribution in [0.25, 0.3) is 0 Å². The van der Waals surface area contributed by atoms with Gasteiger partial charge in [-0.15, -0.1) is 23.1 Å². The minimum Gasteiger partial charge on any atom is -0.355 e. The van der Waals surface area contributed by atoms with Crippen molar-refractivity contribution in [2.45, 2.75) is 44.3 Å². The van der Waals surface area contributed by atoms with E-state index < -0.39 is 0 Å². The number of carbonyl (C=O) groups excluding carboxylic acids is 2. The van der Waals surface area contributed by atoms with E-state index in [1.54, 1.807) is 18.3 Å². The average molecular weight is 422 g/mol. The molecule has 1 atom stereocenters. The van der Waals surface area contributed by atoms with Crippen molar-refractivity contribution in [1.82, 2.24) is 10.3 Å². The standard InChI is InChI=1S/C20H24FN3O2S2/c1-13(27-12-18(25)23-15-8-6-14(21)7-9-15)20(26)22-11-10-19-24-16-4-2-3-5-17(16)28-19/h6-9,13H,2-5,10-12H2,1H3,(H,22,26)(H,23,25). The zero-order chi connectivity index (χ0) is 19.9. The maximum atomic E-state index is 12.9. The summed E-state index contributed by atoms with van der Waals surface area (Å²) in [7, 11) is 0. The normalized spacial score (nSPS) is 14.2. The Bertz CT molecular complexity index is 800. The molecule has 0 fully saturated rings. The Balaban J connectivity index is 1.35. The molecule has 2 amide bonds. The highest BCUT2D eigenvalue weighted by atomic mass is 32.2. The number of nitrogens with zero attached hydrogens (tertiary/aromatic N) is 1. The summed E-state index contributed by atoms with van der Waals surface area (Å²) in [5.41, 5.74) is 1.78. The number of thiazole rings is 1. The van der Waals surface area contributed by atoms with Gasteiger partial charge in [-0.1, -0.05) is 0 Å². The van der Waals surface area contributed by atoms with E-state index >= 15 is 0 Å². The summed E-state index contributed by atoms with van der Waals surface area (Å²) in [6.07, 6.45) is 5.41. The molecule has 0 radical (unpaired) electrons. The summed E-state index contributed by atoms with van der Waals surface area (Å²) in [6.45, 7) is 2.34. The fraction of sp³-hybridized carbons (Fsp3) is 0.450. The molecular formula is C20H24FN3O2S2. The van der Waals surface area contributed by atoms with Gasteiger partial charge in [0.05, 0.1) is 21.7 Å². The van der Waals surface area contributed by atoms with Gasteiger partial charge in [0.1, 0.15) is 5.82 Å². The van der Waals surface area contributed by atoms with Crippen LogP contribution >= 0.6 is 23.1 Å². The topological polar surface area (TPSA) is 71.1 Å². The van der Waals surface area contributed by atoms with Crippen LogP contribution in [0.1, 0.15) is 35.3 Å². The molecule has 0 saturated carbocycles. The zero-order valence-corrected chi connectivity index (χ0v) is 17.4. The first kappa shape index (κ1) is 20.8. The number of amides is 2. The minimum absolute atomic E-state index is 0.0825. The molecule has 28 heavy (non-hydrogen) atoms. The van der Waals surface area contributed by atoms with E-state index in [9.17, 15) is 14.0 Å². The van der Waals surface area contributed by atoms with E-state index in [-0.39, 0.29) is 28.6 Å². The maximum Gasteiger partial charge on any atom is 0.234 e. The predicted molar refractivity (Wildman–Crippen MR) is 112 cm³/mol. The lowest BCUT2D eigenvalue weighted by Crippen LogP contribution is -2.33. The molecule has 8 heteroatoms. The van der Waals surface area contributed by atoms with Gasteiger partial charge < -0.3 is 10.6 Å². The summed E-state index contributed by atoms with van der Waals surface area (Å²) < 4.78 is 12.9. The molecule has 0 aliphatic heterocycles. The Morgan fingerprint density at radius 2 is 2.00 bits per heavy atom. The van der Waals surface area contributed by atoms with Crippen LogP contribution in [0.5, 0.6) is 0 Å². The molecule has 1 aromatic carbocycles. The number of rotatable bonds is 8. The lowest BCUT2D eigenvalue weighted by Gasteiger charge is -2.11. The highest BCUT2D eigenvalue weighted by Gasteiger charge is 2.17. The third-order valence-electron chi connectivity index (χ3n) is 4.49.